The minimum Gasteiger partial charge on any atom is -0.337 e. The molecule has 1 atom stereocenters. The van der Waals surface area contributed by atoms with E-state index in [1.807, 2.05) is 0 Å². The average molecular weight is 268 g/mol. The highest BCUT2D eigenvalue weighted by Gasteiger charge is 2.30. The first-order chi connectivity index (χ1) is 9.06. The van der Waals surface area contributed by atoms with Gasteiger partial charge in [0, 0.05) is 38.3 Å². The van der Waals surface area contributed by atoms with E-state index in [4.69, 9.17) is 5.73 Å². The van der Waals surface area contributed by atoms with Crippen LogP contribution in [0.25, 0.3) is 0 Å². The predicted octanol–water partition coefficient (Wildman–Crippen LogP) is -0.0379. The second-order valence-corrected chi connectivity index (χ2v) is 6.26. The van der Waals surface area contributed by atoms with Crippen molar-refractivity contribution in [2.75, 3.05) is 46.8 Å². The lowest BCUT2D eigenvalue weighted by molar-refractivity contribution is -0.133. The summed E-state index contributed by atoms with van der Waals surface area (Å²) < 4.78 is 0. The lowest BCUT2D eigenvalue weighted by Crippen LogP contribution is -2.48. The van der Waals surface area contributed by atoms with Gasteiger partial charge in [0.15, 0.2) is 0 Å². The third kappa shape index (κ3) is 4.16. The van der Waals surface area contributed by atoms with Crippen LogP contribution < -0.4 is 5.73 Å². The number of hydrogen-bond donors (Lipinski definition) is 1. The first-order valence-electron chi connectivity index (χ1n) is 7.48. The SMILES string of the molecule is CN(C)CC1CCCN1C(=O)CN1CCC(N)CC1. The Bertz CT molecular complexity index is 300. The lowest BCUT2D eigenvalue weighted by Gasteiger charge is -2.33. The monoisotopic (exact) mass is 268 g/mol. The minimum absolute atomic E-state index is 0.305. The first-order valence-corrected chi connectivity index (χ1v) is 7.48. The van der Waals surface area contributed by atoms with Crippen molar-refractivity contribution in [3.8, 4) is 0 Å². The molecule has 2 heterocycles. The number of piperidine rings is 1. The minimum atomic E-state index is 0.305. The zero-order chi connectivity index (χ0) is 13.8. The second kappa shape index (κ2) is 6.68. The average Bonchev–Trinajstić information content (AvgIpc) is 2.79. The third-order valence-corrected chi connectivity index (χ3v) is 4.26. The number of nitrogens with zero attached hydrogens (tertiary/aromatic N) is 3. The maximum Gasteiger partial charge on any atom is 0.237 e. The fourth-order valence-corrected chi connectivity index (χ4v) is 3.17. The van der Waals surface area contributed by atoms with Gasteiger partial charge in [0.25, 0.3) is 0 Å². The third-order valence-electron chi connectivity index (χ3n) is 4.26. The van der Waals surface area contributed by atoms with Gasteiger partial charge in [-0.05, 0) is 39.8 Å². The molecule has 5 heteroatoms. The Balaban J connectivity index is 1.81. The smallest absolute Gasteiger partial charge is 0.237 e. The highest BCUT2D eigenvalue weighted by atomic mass is 16.2. The summed E-state index contributed by atoms with van der Waals surface area (Å²) in [5.74, 6) is 0.305. The van der Waals surface area contributed by atoms with Gasteiger partial charge in [-0.15, -0.1) is 0 Å². The van der Waals surface area contributed by atoms with Crippen LogP contribution in [0.15, 0.2) is 0 Å². The molecule has 0 aromatic heterocycles. The highest BCUT2D eigenvalue weighted by molar-refractivity contribution is 5.79. The van der Waals surface area contributed by atoms with Crippen molar-refractivity contribution in [2.24, 2.45) is 5.73 Å². The Labute approximate surface area is 116 Å². The number of rotatable bonds is 4. The molecule has 1 amide bonds. The molecule has 0 bridgehead atoms. The number of nitrogens with two attached hydrogens (primary N) is 1. The molecule has 110 valence electrons. The van der Waals surface area contributed by atoms with Crippen LogP contribution >= 0.6 is 0 Å². The Morgan fingerprint density at radius 2 is 1.89 bits per heavy atom. The Morgan fingerprint density at radius 3 is 2.53 bits per heavy atom. The number of likely N-dealkylation sites (tertiary alicyclic amines) is 2. The van der Waals surface area contributed by atoms with Crippen LogP contribution in [-0.2, 0) is 4.79 Å². The second-order valence-electron chi connectivity index (χ2n) is 6.26. The van der Waals surface area contributed by atoms with Crippen molar-refractivity contribution in [1.82, 2.24) is 14.7 Å². The molecule has 1 unspecified atom stereocenters. The van der Waals surface area contributed by atoms with Gasteiger partial charge < -0.3 is 15.5 Å². The molecule has 2 saturated heterocycles. The molecular weight excluding hydrogens is 240 g/mol. The number of likely N-dealkylation sites (N-methyl/N-ethyl adjacent to an activating group) is 1. The van der Waals surface area contributed by atoms with E-state index in [9.17, 15) is 4.79 Å². The quantitative estimate of drug-likeness (QED) is 0.777. The molecule has 0 radical (unpaired) electrons. The zero-order valence-corrected chi connectivity index (χ0v) is 12.3. The van der Waals surface area contributed by atoms with E-state index in [0.29, 0.717) is 24.5 Å². The number of carbonyl (C=O) groups excluding carboxylic acids is 1. The molecule has 19 heavy (non-hydrogen) atoms. The largest absolute Gasteiger partial charge is 0.337 e. The summed E-state index contributed by atoms with van der Waals surface area (Å²) in [6, 6.07) is 0.745. The van der Waals surface area contributed by atoms with Gasteiger partial charge in [-0.2, -0.15) is 0 Å². The number of hydrogen-bond acceptors (Lipinski definition) is 4. The molecule has 0 saturated carbocycles. The Morgan fingerprint density at radius 1 is 1.21 bits per heavy atom. The summed E-state index contributed by atoms with van der Waals surface area (Å²) in [5.41, 5.74) is 5.90. The van der Waals surface area contributed by atoms with E-state index in [1.165, 1.54) is 0 Å². The molecule has 2 aliphatic heterocycles. The van der Waals surface area contributed by atoms with Gasteiger partial charge in [0.2, 0.25) is 5.91 Å². The molecule has 0 spiro atoms. The molecule has 5 nitrogen and oxygen atoms in total. The van der Waals surface area contributed by atoms with Crippen LogP contribution in [0.2, 0.25) is 0 Å². The normalized spacial score (nSPS) is 26.3. The van der Waals surface area contributed by atoms with Gasteiger partial charge >= 0.3 is 0 Å². The Kier molecular flexibility index (Phi) is 5.19. The number of carbonyl (C=O) groups is 1. The molecular formula is C14H28N4O. The number of amides is 1. The summed E-state index contributed by atoms with van der Waals surface area (Å²) in [6.07, 6.45) is 4.34. The van der Waals surface area contributed by atoms with Crippen LogP contribution in [-0.4, -0.2) is 79.5 Å². The van der Waals surface area contributed by atoms with Crippen LogP contribution in [0.3, 0.4) is 0 Å². The van der Waals surface area contributed by atoms with Crippen molar-refractivity contribution < 1.29 is 4.79 Å². The molecule has 2 rings (SSSR count). The van der Waals surface area contributed by atoms with Gasteiger partial charge in [0.05, 0.1) is 6.54 Å². The van der Waals surface area contributed by atoms with Crippen molar-refractivity contribution in [3.05, 3.63) is 0 Å². The summed E-state index contributed by atoms with van der Waals surface area (Å²) >= 11 is 0. The van der Waals surface area contributed by atoms with E-state index in [-0.39, 0.29) is 0 Å². The summed E-state index contributed by atoms with van der Waals surface area (Å²) in [7, 11) is 4.15. The fourth-order valence-electron chi connectivity index (χ4n) is 3.17. The van der Waals surface area contributed by atoms with Crippen LogP contribution in [0.4, 0.5) is 0 Å². The maximum atomic E-state index is 12.4. The van der Waals surface area contributed by atoms with Crippen molar-refractivity contribution in [3.63, 3.8) is 0 Å². The van der Waals surface area contributed by atoms with E-state index < -0.39 is 0 Å². The molecule has 2 fully saturated rings. The topological polar surface area (TPSA) is 52.8 Å². The predicted molar refractivity (Wildman–Crippen MR) is 76.9 cm³/mol. The summed E-state index contributed by atoms with van der Waals surface area (Å²) in [4.78, 5) is 19.0. The van der Waals surface area contributed by atoms with Crippen LogP contribution in [0.5, 0.6) is 0 Å². The van der Waals surface area contributed by atoms with E-state index >= 15 is 0 Å². The molecule has 0 aromatic carbocycles. The summed E-state index contributed by atoms with van der Waals surface area (Å²) in [6.45, 7) is 4.44. The van der Waals surface area contributed by atoms with Crippen molar-refractivity contribution in [1.29, 1.82) is 0 Å². The van der Waals surface area contributed by atoms with Gasteiger partial charge in [0.1, 0.15) is 0 Å². The van der Waals surface area contributed by atoms with Crippen molar-refractivity contribution >= 4 is 5.91 Å². The van der Waals surface area contributed by atoms with Crippen molar-refractivity contribution in [2.45, 2.75) is 37.8 Å². The molecule has 0 aromatic rings. The fraction of sp³-hybridized carbons (Fsp3) is 0.929. The van der Waals surface area contributed by atoms with Crippen LogP contribution in [0, 0.1) is 0 Å². The highest BCUT2D eigenvalue weighted by Crippen LogP contribution is 2.18. The molecule has 2 N–H and O–H groups in total. The summed E-state index contributed by atoms with van der Waals surface area (Å²) in [5, 5.41) is 0. The van der Waals surface area contributed by atoms with E-state index in [0.717, 1.165) is 51.9 Å². The van der Waals surface area contributed by atoms with E-state index in [2.05, 4.69) is 28.8 Å². The van der Waals surface area contributed by atoms with Crippen LogP contribution in [0.1, 0.15) is 25.7 Å². The zero-order valence-electron chi connectivity index (χ0n) is 12.3. The maximum absolute atomic E-state index is 12.4. The first kappa shape index (κ1) is 14.8. The van der Waals surface area contributed by atoms with Gasteiger partial charge in [-0.3, -0.25) is 9.69 Å². The molecule has 0 aliphatic carbocycles. The van der Waals surface area contributed by atoms with Gasteiger partial charge in [-0.25, -0.2) is 0 Å². The van der Waals surface area contributed by atoms with Gasteiger partial charge in [-0.1, -0.05) is 0 Å². The Hall–Kier alpha value is -0.650. The lowest BCUT2D eigenvalue weighted by atomic mass is 10.1. The van der Waals surface area contributed by atoms with E-state index in [1.54, 1.807) is 0 Å². The molecule has 2 aliphatic rings. The standard InChI is InChI=1S/C14H28N4O/c1-16(2)10-13-4-3-7-18(13)14(19)11-17-8-5-12(15)6-9-17/h12-13H,3-11,15H2,1-2H3.